The van der Waals surface area contributed by atoms with Gasteiger partial charge in [-0.3, -0.25) is 0 Å². The molecule has 0 aromatic carbocycles. The molecule has 2 aromatic heterocycles. The van der Waals surface area contributed by atoms with Crippen molar-refractivity contribution in [1.29, 1.82) is 0 Å². The predicted octanol–water partition coefficient (Wildman–Crippen LogP) is 0.479. The van der Waals surface area contributed by atoms with Crippen LogP contribution in [-0.4, -0.2) is 73.0 Å². The summed E-state index contributed by atoms with van der Waals surface area (Å²) < 4.78 is 28.6. The summed E-state index contributed by atoms with van der Waals surface area (Å²) in [6.45, 7) is 4.62. The number of nitrogens with zero attached hydrogens (tertiary/aromatic N) is 5. The van der Waals surface area contributed by atoms with Crippen LogP contribution in [0.3, 0.4) is 0 Å². The molecule has 0 bridgehead atoms. The Morgan fingerprint density at radius 3 is 2.35 bits per heavy atom. The van der Waals surface area contributed by atoms with Crippen molar-refractivity contribution in [3.05, 3.63) is 12.5 Å². The first kappa shape index (κ1) is 19.6. The lowest BCUT2D eigenvalue weighted by molar-refractivity contribution is 0.201. The summed E-state index contributed by atoms with van der Waals surface area (Å²) in [5, 5.41) is 9.16. The van der Waals surface area contributed by atoms with Crippen LogP contribution in [0.25, 0.3) is 0 Å². The van der Waals surface area contributed by atoms with Crippen molar-refractivity contribution >= 4 is 27.4 Å². The molecule has 0 unspecified atom stereocenters. The summed E-state index contributed by atoms with van der Waals surface area (Å²) in [4.78, 5) is 17.7. The summed E-state index contributed by atoms with van der Waals surface area (Å²) in [6.07, 6.45) is 2.71. The fourth-order valence-corrected chi connectivity index (χ4v) is 4.01. The van der Waals surface area contributed by atoms with E-state index in [0.29, 0.717) is 24.6 Å². The summed E-state index contributed by atoms with van der Waals surface area (Å²) in [5.41, 5.74) is 3.23. The van der Waals surface area contributed by atoms with Gasteiger partial charge in [-0.15, -0.1) is 5.10 Å². The monoisotopic (exact) mass is 384 g/mol. The number of sulfone groups is 1. The lowest BCUT2D eigenvalue weighted by Crippen LogP contribution is -2.34. The van der Waals surface area contributed by atoms with Gasteiger partial charge in [-0.05, 0) is 13.8 Å². The Morgan fingerprint density at radius 2 is 1.85 bits per heavy atom. The van der Waals surface area contributed by atoms with Gasteiger partial charge < -0.3 is 21.0 Å². The Labute approximate surface area is 152 Å². The lowest BCUT2D eigenvalue weighted by atomic mass is 10.5. The van der Waals surface area contributed by atoms with Crippen LogP contribution in [-0.2, 0) is 9.84 Å². The van der Waals surface area contributed by atoms with Gasteiger partial charge >= 0.3 is 6.03 Å². The second-order valence-electron chi connectivity index (χ2n) is 5.24. The molecule has 2 rings (SSSR count). The molecule has 3 N–H and O–H groups in total. The van der Waals surface area contributed by atoms with Gasteiger partial charge in [0.1, 0.15) is 17.0 Å². The number of hydrogen-bond donors (Lipinski definition) is 3. The minimum absolute atomic E-state index is 0.00936. The molecule has 2 aromatic rings. The van der Waals surface area contributed by atoms with Crippen molar-refractivity contribution in [3.8, 4) is 0 Å². The molecule has 1 amide bonds. The quantitative estimate of drug-likeness (QED) is 0.629. The van der Waals surface area contributed by atoms with Gasteiger partial charge in [0.15, 0.2) is 0 Å². The van der Waals surface area contributed by atoms with Crippen LogP contribution >= 0.6 is 0 Å². The highest BCUT2D eigenvalue weighted by atomic mass is 32.2. The van der Waals surface area contributed by atoms with E-state index in [1.54, 1.807) is 27.3 Å². The number of carbonyl (C=O) groups is 1. The van der Waals surface area contributed by atoms with Gasteiger partial charge in [0.25, 0.3) is 5.16 Å². The molecule has 11 nitrogen and oxygen atoms in total. The van der Waals surface area contributed by atoms with Crippen LogP contribution in [0.4, 0.5) is 16.3 Å². The van der Waals surface area contributed by atoms with Crippen molar-refractivity contribution in [3.63, 3.8) is 0 Å². The normalized spacial score (nSPS) is 11.3. The number of aromatic nitrogens is 4. The molecule has 0 aliphatic rings. The van der Waals surface area contributed by atoms with Crippen molar-refractivity contribution in [2.75, 3.05) is 50.3 Å². The maximum Gasteiger partial charge on any atom is 0.346 e. The third-order valence-corrected chi connectivity index (χ3v) is 5.53. The predicted molar refractivity (Wildman–Crippen MR) is 98.0 cm³/mol. The van der Waals surface area contributed by atoms with E-state index in [0.717, 1.165) is 11.0 Å². The molecule has 0 aliphatic heterocycles. The third-order valence-electron chi connectivity index (χ3n) is 3.92. The molecule has 0 aliphatic carbocycles. The highest BCUT2D eigenvalue weighted by molar-refractivity contribution is 7.91. The van der Waals surface area contributed by atoms with Crippen molar-refractivity contribution in [2.45, 2.75) is 23.9 Å². The van der Waals surface area contributed by atoms with Crippen molar-refractivity contribution < 1.29 is 13.2 Å². The van der Waals surface area contributed by atoms with E-state index in [1.165, 1.54) is 9.58 Å². The standard InChI is InChI=1S/C14H24N8O3S/c1-6-20(7-2)14(23)22-9-18-13(19-22)26(24,25)11-10(15-3)8-21(17-5)12(11)16-4/h8-9,15-17H,6-7H2,1-5H3. The van der Waals surface area contributed by atoms with Crippen LogP contribution in [0.2, 0.25) is 0 Å². The summed E-state index contributed by atoms with van der Waals surface area (Å²) >= 11 is 0. The largest absolute Gasteiger partial charge is 0.386 e. The Hall–Kier alpha value is -2.76. The van der Waals surface area contributed by atoms with Crippen LogP contribution in [0.15, 0.2) is 22.6 Å². The van der Waals surface area contributed by atoms with Crippen LogP contribution in [0.5, 0.6) is 0 Å². The van der Waals surface area contributed by atoms with Crippen molar-refractivity contribution in [2.24, 2.45) is 0 Å². The van der Waals surface area contributed by atoms with E-state index in [2.05, 4.69) is 26.1 Å². The first-order valence-corrected chi connectivity index (χ1v) is 9.58. The van der Waals surface area contributed by atoms with E-state index in [9.17, 15) is 13.2 Å². The van der Waals surface area contributed by atoms with Gasteiger partial charge in [-0.2, -0.15) is 4.68 Å². The fourth-order valence-electron chi connectivity index (χ4n) is 2.54. The molecule has 0 spiro atoms. The number of amides is 1. The highest BCUT2D eigenvalue weighted by Gasteiger charge is 2.32. The average molecular weight is 384 g/mol. The zero-order chi connectivity index (χ0) is 19.5. The lowest BCUT2D eigenvalue weighted by Gasteiger charge is -2.17. The minimum Gasteiger partial charge on any atom is -0.386 e. The van der Waals surface area contributed by atoms with Crippen molar-refractivity contribution in [1.82, 2.24) is 24.3 Å². The second kappa shape index (κ2) is 7.64. The molecule has 2 heterocycles. The van der Waals surface area contributed by atoms with Gasteiger partial charge in [-0.1, -0.05) is 0 Å². The van der Waals surface area contributed by atoms with Gasteiger partial charge in [-0.25, -0.2) is 22.9 Å². The average Bonchev–Trinajstić information content (AvgIpc) is 3.27. The van der Waals surface area contributed by atoms with E-state index in [4.69, 9.17) is 0 Å². The number of anilines is 2. The molecule has 0 atom stereocenters. The maximum atomic E-state index is 13.1. The molecule has 0 fully saturated rings. The SMILES string of the molecule is CCN(CC)C(=O)n1cnc(S(=O)(=O)c2c(NC)cn(NC)c2NC)n1. The zero-order valence-electron chi connectivity index (χ0n) is 15.4. The van der Waals surface area contributed by atoms with E-state index >= 15 is 0 Å². The summed E-state index contributed by atoms with van der Waals surface area (Å²) in [7, 11) is 0.817. The molecule has 0 saturated heterocycles. The van der Waals surface area contributed by atoms with Gasteiger partial charge in [0.2, 0.25) is 9.84 Å². The second-order valence-corrected chi connectivity index (χ2v) is 7.02. The fraction of sp³-hybridized carbons (Fsp3) is 0.500. The van der Waals surface area contributed by atoms with E-state index in [-0.39, 0.29) is 4.90 Å². The van der Waals surface area contributed by atoms with Crippen LogP contribution < -0.4 is 16.1 Å². The molecule has 0 radical (unpaired) electrons. The number of rotatable bonds is 7. The molecule has 0 saturated carbocycles. The first-order chi connectivity index (χ1) is 12.3. The van der Waals surface area contributed by atoms with Crippen LogP contribution in [0, 0.1) is 0 Å². The molecule has 12 heteroatoms. The Balaban J connectivity index is 2.53. The van der Waals surface area contributed by atoms with Gasteiger partial charge in [0, 0.05) is 34.2 Å². The topological polar surface area (TPSA) is 126 Å². The van der Waals surface area contributed by atoms with E-state index in [1.807, 2.05) is 13.8 Å². The maximum absolute atomic E-state index is 13.1. The Morgan fingerprint density at radius 1 is 1.19 bits per heavy atom. The Bertz CT molecular complexity index is 882. The number of hydrogen-bond acceptors (Lipinski definition) is 8. The summed E-state index contributed by atoms with van der Waals surface area (Å²) in [5.74, 6) is 0.322. The minimum atomic E-state index is -4.07. The van der Waals surface area contributed by atoms with Gasteiger partial charge in [0.05, 0.1) is 11.9 Å². The smallest absolute Gasteiger partial charge is 0.346 e. The first-order valence-electron chi connectivity index (χ1n) is 8.10. The molecule has 144 valence electrons. The zero-order valence-corrected chi connectivity index (χ0v) is 16.3. The Kier molecular flexibility index (Phi) is 5.75. The highest BCUT2D eigenvalue weighted by Crippen LogP contribution is 2.34. The summed E-state index contributed by atoms with van der Waals surface area (Å²) in [6, 6.07) is -0.431. The molecular weight excluding hydrogens is 360 g/mol. The molecular formula is C14H24N8O3S. The van der Waals surface area contributed by atoms with Crippen LogP contribution in [0.1, 0.15) is 13.8 Å². The molecule has 26 heavy (non-hydrogen) atoms. The van der Waals surface area contributed by atoms with E-state index < -0.39 is 21.0 Å². The number of carbonyl (C=O) groups excluding carboxylic acids is 1. The number of nitrogens with one attached hydrogen (secondary N) is 3. The third kappa shape index (κ3) is 3.19.